The van der Waals surface area contributed by atoms with Gasteiger partial charge in [0, 0.05) is 25.1 Å². The van der Waals surface area contributed by atoms with Crippen molar-refractivity contribution in [3.05, 3.63) is 30.1 Å². The fourth-order valence-electron chi connectivity index (χ4n) is 1.70. The SMILES string of the molecule is CCCCC(=O)N(CCC(N)=O)c1ccc(F)cc1. The van der Waals surface area contributed by atoms with Gasteiger partial charge in [0.15, 0.2) is 0 Å². The summed E-state index contributed by atoms with van der Waals surface area (Å²) in [4.78, 5) is 24.4. The van der Waals surface area contributed by atoms with Gasteiger partial charge in [-0.25, -0.2) is 4.39 Å². The molecule has 1 rings (SSSR count). The summed E-state index contributed by atoms with van der Waals surface area (Å²) in [6.07, 6.45) is 2.20. The maximum Gasteiger partial charge on any atom is 0.226 e. The molecule has 0 radical (unpaired) electrons. The largest absolute Gasteiger partial charge is 0.370 e. The zero-order valence-electron chi connectivity index (χ0n) is 11.1. The number of carbonyl (C=O) groups is 2. The van der Waals surface area contributed by atoms with E-state index in [4.69, 9.17) is 5.73 Å². The summed E-state index contributed by atoms with van der Waals surface area (Å²) in [5.74, 6) is -0.898. The number of unbranched alkanes of at least 4 members (excludes halogenated alkanes) is 1. The molecule has 0 spiro atoms. The Hall–Kier alpha value is -1.91. The van der Waals surface area contributed by atoms with Crippen molar-refractivity contribution < 1.29 is 14.0 Å². The summed E-state index contributed by atoms with van der Waals surface area (Å²) in [5.41, 5.74) is 5.69. The number of amides is 2. The summed E-state index contributed by atoms with van der Waals surface area (Å²) >= 11 is 0. The molecular weight excluding hydrogens is 247 g/mol. The van der Waals surface area contributed by atoms with Gasteiger partial charge in [-0.1, -0.05) is 13.3 Å². The zero-order valence-corrected chi connectivity index (χ0v) is 11.1. The maximum atomic E-state index is 12.9. The fraction of sp³-hybridized carbons (Fsp3) is 0.429. The van der Waals surface area contributed by atoms with Crippen molar-refractivity contribution in [3.8, 4) is 0 Å². The minimum Gasteiger partial charge on any atom is -0.370 e. The Bertz CT molecular complexity index is 432. The second kappa shape index (κ2) is 7.51. The second-order valence-corrected chi connectivity index (χ2v) is 4.34. The van der Waals surface area contributed by atoms with Crippen LogP contribution in [0, 0.1) is 5.82 Å². The lowest BCUT2D eigenvalue weighted by Crippen LogP contribution is -2.33. The normalized spacial score (nSPS) is 10.2. The van der Waals surface area contributed by atoms with Crippen molar-refractivity contribution in [1.29, 1.82) is 0 Å². The number of hydrogen-bond acceptors (Lipinski definition) is 2. The van der Waals surface area contributed by atoms with Crippen LogP contribution >= 0.6 is 0 Å². The highest BCUT2D eigenvalue weighted by Gasteiger charge is 2.15. The molecule has 104 valence electrons. The van der Waals surface area contributed by atoms with Crippen LogP contribution in [-0.2, 0) is 9.59 Å². The molecule has 0 fully saturated rings. The third-order valence-electron chi connectivity index (χ3n) is 2.77. The average molecular weight is 266 g/mol. The second-order valence-electron chi connectivity index (χ2n) is 4.34. The zero-order chi connectivity index (χ0) is 14.3. The first-order valence-corrected chi connectivity index (χ1v) is 6.38. The molecule has 5 heteroatoms. The molecule has 0 saturated heterocycles. The molecule has 0 heterocycles. The predicted molar refractivity (Wildman–Crippen MR) is 72.1 cm³/mol. The molecular formula is C14H19FN2O2. The number of nitrogens with zero attached hydrogens (tertiary/aromatic N) is 1. The van der Waals surface area contributed by atoms with E-state index in [-0.39, 0.29) is 24.7 Å². The van der Waals surface area contributed by atoms with Crippen molar-refractivity contribution in [2.75, 3.05) is 11.4 Å². The molecule has 0 aliphatic carbocycles. The number of halogens is 1. The summed E-state index contributed by atoms with van der Waals surface area (Å²) in [7, 11) is 0. The summed E-state index contributed by atoms with van der Waals surface area (Å²) in [5, 5.41) is 0. The Balaban J connectivity index is 2.81. The van der Waals surface area contributed by atoms with Crippen molar-refractivity contribution in [3.63, 3.8) is 0 Å². The lowest BCUT2D eigenvalue weighted by atomic mass is 10.2. The fourth-order valence-corrected chi connectivity index (χ4v) is 1.70. The Kier molecular flexibility index (Phi) is 5.99. The van der Waals surface area contributed by atoms with Crippen LogP contribution < -0.4 is 10.6 Å². The maximum absolute atomic E-state index is 12.9. The molecule has 2 amide bonds. The lowest BCUT2D eigenvalue weighted by molar-refractivity contribution is -0.119. The number of rotatable bonds is 7. The molecule has 4 nitrogen and oxygen atoms in total. The van der Waals surface area contributed by atoms with Gasteiger partial charge in [-0.2, -0.15) is 0 Å². The van der Waals surface area contributed by atoms with Crippen molar-refractivity contribution in [2.24, 2.45) is 5.73 Å². The van der Waals surface area contributed by atoms with Crippen LogP contribution in [0.3, 0.4) is 0 Å². The van der Waals surface area contributed by atoms with Gasteiger partial charge < -0.3 is 10.6 Å². The van der Waals surface area contributed by atoms with Crippen molar-refractivity contribution >= 4 is 17.5 Å². The quantitative estimate of drug-likeness (QED) is 0.822. The van der Waals surface area contributed by atoms with Gasteiger partial charge >= 0.3 is 0 Å². The molecule has 0 bridgehead atoms. The molecule has 0 aromatic heterocycles. The standard InChI is InChI=1S/C14H19FN2O2/c1-2-3-4-14(19)17(10-9-13(16)18)12-7-5-11(15)6-8-12/h5-8H,2-4,9-10H2,1H3,(H2,16,18). The van der Waals surface area contributed by atoms with E-state index < -0.39 is 5.91 Å². The molecule has 0 saturated carbocycles. The minimum atomic E-state index is -0.463. The highest BCUT2D eigenvalue weighted by molar-refractivity contribution is 5.93. The predicted octanol–water partition coefficient (Wildman–Crippen LogP) is 2.22. The van der Waals surface area contributed by atoms with Crippen molar-refractivity contribution in [1.82, 2.24) is 0 Å². The Morgan fingerprint density at radius 3 is 2.37 bits per heavy atom. The smallest absolute Gasteiger partial charge is 0.226 e. The van der Waals surface area contributed by atoms with Gasteiger partial charge in [-0.15, -0.1) is 0 Å². The van der Waals surface area contributed by atoms with Crippen molar-refractivity contribution in [2.45, 2.75) is 32.6 Å². The van der Waals surface area contributed by atoms with Crippen LogP contribution in [0.15, 0.2) is 24.3 Å². The van der Waals surface area contributed by atoms with Gasteiger partial charge in [-0.3, -0.25) is 9.59 Å². The lowest BCUT2D eigenvalue weighted by Gasteiger charge is -2.22. The van der Waals surface area contributed by atoms with Gasteiger partial charge in [0.25, 0.3) is 0 Å². The number of benzene rings is 1. The van der Waals surface area contributed by atoms with E-state index in [1.54, 1.807) is 0 Å². The van der Waals surface area contributed by atoms with Gasteiger partial charge in [0.1, 0.15) is 5.82 Å². The summed E-state index contributed by atoms with van der Waals surface area (Å²) in [6, 6.07) is 5.64. The Morgan fingerprint density at radius 1 is 1.21 bits per heavy atom. The molecule has 1 aromatic carbocycles. The molecule has 19 heavy (non-hydrogen) atoms. The summed E-state index contributed by atoms with van der Waals surface area (Å²) in [6.45, 7) is 2.22. The molecule has 0 atom stereocenters. The van der Waals surface area contributed by atoms with E-state index in [1.807, 2.05) is 6.92 Å². The average Bonchev–Trinajstić information content (AvgIpc) is 2.38. The van der Waals surface area contributed by atoms with E-state index in [9.17, 15) is 14.0 Å². The molecule has 2 N–H and O–H groups in total. The Labute approximate surface area is 112 Å². The molecule has 1 aromatic rings. The number of carbonyl (C=O) groups excluding carboxylic acids is 2. The van der Waals surface area contributed by atoms with E-state index in [1.165, 1.54) is 29.2 Å². The highest BCUT2D eigenvalue weighted by Crippen LogP contribution is 2.17. The third-order valence-corrected chi connectivity index (χ3v) is 2.77. The number of primary amides is 1. The van der Waals surface area contributed by atoms with E-state index in [0.717, 1.165) is 12.8 Å². The monoisotopic (exact) mass is 266 g/mol. The highest BCUT2D eigenvalue weighted by atomic mass is 19.1. The van der Waals surface area contributed by atoms with Gasteiger partial charge in [0.2, 0.25) is 11.8 Å². The summed E-state index contributed by atoms with van der Waals surface area (Å²) < 4.78 is 12.9. The van der Waals surface area contributed by atoms with Crippen LogP contribution in [0.4, 0.5) is 10.1 Å². The molecule has 0 aliphatic rings. The van der Waals surface area contributed by atoms with E-state index in [2.05, 4.69) is 0 Å². The van der Waals surface area contributed by atoms with Crippen LogP contribution in [0.5, 0.6) is 0 Å². The molecule has 0 unspecified atom stereocenters. The van der Waals surface area contributed by atoms with Crippen LogP contribution in [0.1, 0.15) is 32.6 Å². The van der Waals surface area contributed by atoms with Crippen LogP contribution in [0.25, 0.3) is 0 Å². The number of hydrogen-bond donors (Lipinski definition) is 1. The molecule has 0 aliphatic heterocycles. The van der Waals surface area contributed by atoms with Crippen LogP contribution in [0.2, 0.25) is 0 Å². The van der Waals surface area contributed by atoms with E-state index >= 15 is 0 Å². The van der Waals surface area contributed by atoms with Crippen LogP contribution in [-0.4, -0.2) is 18.4 Å². The topological polar surface area (TPSA) is 63.4 Å². The van der Waals surface area contributed by atoms with Gasteiger partial charge in [-0.05, 0) is 30.7 Å². The third kappa shape index (κ3) is 5.07. The Morgan fingerprint density at radius 2 is 1.84 bits per heavy atom. The van der Waals surface area contributed by atoms with E-state index in [0.29, 0.717) is 12.1 Å². The van der Waals surface area contributed by atoms with Gasteiger partial charge in [0.05, 0.1) is 0 Å². The first kappa shape index (κ1) is 15.1. The minimum absolute atomic E-state index is 0.0743. The first-order valence-electron chi connectivity index (χ1n) is 6.38. The number of nitrogens with two attached hydrogens (primary N) is 1. The first-order chi connectivity index (χ1) is 9.04. The number of anilines is 1.